The number of nitrogens with one attached hydrogen (secondary N) is 1. The summed E-state index contributed by atoms with van der Waals surface area (Å²) in [4.78, 5) is 0. The number of hydrogen-bond donors (Lipinski definition) is 2. The first-order chi connectivity index (χ1) is 6.29. The van der Waals surface area contributed by atoms with Crippen LogP contribution >= 0.6 is 0 Å². The first-order valence-electron chi connectivity index (χ1n) is 4.14. The van der Waals surface area contributed by atoms with Crippen LogP contribution in [-0.4, -0.2) is 11.4 Å². The number of halogens is 1. The molecule has 0 aliphatic carbocycles. The van der Waals surface area contributed by atoms with Crippen molar-refractivity contribution in [3.63, 3.8) is 0 Å². The summed E-state index contributed by atoms with van der Waals surface area (Å²) >= 11 is 0. The second-order valence-corrected chi connectivity index (χ2v) is 3.03. The average Bonchev–Trinajstić information content (AvgIpc) is 2.17. The summed E-state index contributed by atoms with van der Waals surface area (Å²) in [5, 5.41) is 8.62. The summed E-state index contributed by atoms with van der Waals surface area (Å²) < 4.78 is 18.1. The molecule has 1 aromatic rings. The van der Waals surface area contributed by atoms with E-state index >= 15 is 0 Å². The van der Waals surface area contributed by atoms with E-state index in [-0.39, 0.29) is 12.0 Å². The second-order valence-electron chi connectivity index (χ2n) is 3.03. The molecule has 1 heterocycles. The lowest BCUT2D eigenvalue weighted by molar-refractivity contribution is 0.00695. The third-order valence-electron chi connectivity index (χ3n) is 2.11. The molecule has 2 N–H and O–H groups in total. The molecule has 0 spiro atoms. The summed E-state index contributed by atoms with van der Waals surface area (Å²) in [5.41, 5.74) is 2.90. The highest BCUT2D eigenvalue weighted by Gasteiger charge is 2.18. The van der Waals surface area contributed by atoms with Crippen molar-refractivity contribution in [2.24, 2.45) is 0 Å². The quantitative estimate of drug-likeness (QED) is 0.647. The first kappa shape index (κ1) is 8.47. The van der Waals surface area contributed by atoms with Gasteiger partial charge in [0, 0.05) is 6.42 Å². The lowest BCUT2D eigenvalue weighted by Crippen LogP contribution is -2.35. The Morgan fingerprint density at radius 3 is 3.15 bits per heavy atom. The molecule has 13 heavy (non-hydrogen) atoms. The third-order valence-corrected chi connectivity index (χ3v) is 2.11. The molecule has 0 amide bonds. The van der Waals surface area contributed by atoms with E-state index in [1.165, 1.54) is 12.1 Å². The third kappa shape index (κ3) is 1.64. The van der Waals surface area contributed by atoms with E-state index in [4.69, 9.17) is 9.94 Å². The lowest BCUT2D eigenvalue weighted by Gasteiger charge is -2.24. The van der Waals surface area contributed by atoms with E-state index in [1.807, 2.05) is 5.48 Å². The smallest absolute Gasteiger partial charge is 0.171 e. The maximum Gasteiger partial charge on any atom is 0.171 e. The van der Waals surface area contributed by atoms with Gasteiger partial charge in [0.1, 0.15) is 11.6 Å². The van der Waals surface area contributed by atoms with E-state index in [9.17, 15) is 4.39 Å². The maximum atomic E-state index is 12.8. The topological polar surface area (TPSA) is 41.5 Å². The molecule has 1 aromatic carbocycles. The van der Waals surface area contributed by atoms with Crippen molar-refractivity contribution < 1.29 is 14.3 Å². The molecule has 0 bridgehead atoms. The van der Waals surface area contributed by atoms with Crippen LogP contribution in [0, 0.1) is 5.82 Å². The normalized spacial score (nSPS) is 20.6. The fraction of sp³-hybridized carbons (Fsp3) is 0.333. The molecule has 0 fully saturated rings. The summed E-state index contributed by atoms with van der Waals surface area (Å²) in [5.74, 6) is 0.386. The first-order valence-corrected chi connectivity index (χ1v) is 4.14. The molecule has 1 atom stereocenters. The number of benzene rings is 1. The molecule has 1 aliphatic rings. The molecule has 1 aliphatic heterocycles. The van der Waals surface area contributed by atoms with Crippen LogP contribution in [0.25, 0.3) is 0 Å². The summed E-state index contributed by atoms with van der Waals surface area (Å²) in [6.45, 7) is 0. The van der Waals surface area contributed by atoms with Crippen LogP contribution in [0.1, 0.15) is 12.0 Å². The highest BCUT2D eigenvalue weighted by Crippen LogP contribution is 2.26. The monoisotopic (exact) mass is 183 g/mol. The minimum absolute atomic E-state index is 0.252. The predicted molar refractivity (Wildman–Crippen MR) is 44.1 cm³/mol. The zero-order valence-corrected chi connectivity index (χ0v) is 6.96. The number of fused-ring (bicyclic) bond motifs is 1. The Bertz CT molecular complexity index is 316. The minimum Gasteiger partial charge on any atom is -0.473 e. The second kappa shape index (κ2) is 3.32. The standard InChI is InChI=1S/C9H10FNO2/c10-7-2-3-8-6(5-7)1-4-9(11-12)13-8/h2-3,5,9,11-12H,1,4H2. The van der Waals surface area contributed by atoms with Gasteiger partial charge in [-0.3, -0.25) is 0 Å². The van der Waals surface area contributed by atoms with Gasteiger partial charge in [0.2, 0.25) is 0 Å². The molecule has 3 nitrogen and oxygen atoms in total. The van der Waals surface area contributed by atoms with Gasteiger partial charge < -0.3 is 9.94 Å². The minimum atomic E-state index is -0.377. The number of aryl methyl sites for hydroxylation is 1. The largest absolute Gasteiger partial charge is 0.473 e. The van der Waals surface area contributed by atoms with E-state index in [0.717, 1.165) is 5.56 Å². The van der Waals surface area contributed by atoms with Crippen molar-refractivity contribution in [3.8, 4) is 5.75 Å². The van der Waals surface area contributed by atoms with Crippen molar-refractivity contribution >= 4 is 0 Å². The van der Waals surface area contributed by atoms with Gasteiger partial charge >= 0.3 is 0 Å². The summed E-state index contributed by atoms with van der Waals surface area (Å²) in [7, 11) is 0. The van der Waals surface area contributed by atoms with Crippen LogP contribution in [-0.2, 0) is 6.42 Å². The van der Waals surface area contributed by atoms with Gasteiger partial charge in [0.05, 0.1) is 0 Å². The van der Waals surface area contributed by atoms with Crippen molar-refractivity contribution in [3.05, 3.63) is 29.6 Å². The molecule has 1 unspecified atom stereocenters. The fourth-order valence-corrected chi connectivity index (χ4v) is 1.45. The predicted octanol–water partition coefficient (Wildman–Crippen LogP) is 1.46. The van der Waals surface area contributed by atoms with E-state index in [0.29, 0.717) is 18.6 Å². The molecule has 0 saturated carbocycles. The van der Waals surface area contributed by atoms with Gasteiger partial charge in [-0.15, -0.1) is 0 Å². The maximum absolute atomic E-state index is 12.8. The zero-order chi connectivity index (χ0) is 9.26. The van der Waals surface area contributed by atoms with Crippen LogP contribution in [0.5, 0.6) is 5.75 Å². The Morgan fingerprint density at radius 2 is 2.38 bits per heavy atom. The molecular formula is C9H10FNO2. The summed E-state index contributed by atoms with van der Waals surface area (Å²) in [6.07, 6.45) is 0.983. The van der Waals surface area contributed by atoms with Gasteiger partial charge in [0.25, 0.3) is 0 Å². The zero-order valence-electron chi connectivity index (χ0n) is 6.96. The highest BCUT2D eigenvalue weighted by molar-refractivity contribution is 5.35. The van der Waals surface area contributed by atoms with Gasteiger partial charge in [-0.1, -0.05) is 0 Å². The molecule has 4 heteroatoms. The Hall–Kier alpha value is -1.13. The molecule has 70 valence electrons. The van der Waals surface area contributed by atoms with E-state index < -0.39 is 0 Å². The van der Waals surface area contributed by atoms with Crippen molar-refractivity contribution in [1.82, 2.24) is 5.48 Å². The number of hydroxylamine groups is 1. The van der Waals surface area contributed by atoms with Crippen LogP contribution in [0.3, 0.4) is 0 Å². The number of hydrogen-bond acceptors (Lipinski definition) is 3. The number of rotatable bonds is 1. The van der Waals surface area contributed by atoms with E-state index in [2.05, 4.69) is 0 Å². The lowest BCUT2D eigenvalue weighted by atomic mass is 10.1. The van der Waals surface area contributed by atoms with Gasteiger partial charge in [-0.25, -0.2) is 4.39 Å². The Morgan fingerprint density at radius 1 is 1.54 bits per heavy atom. The Labute approximate surface area is 75.1 Å². The van der Waals surface area contributed by atoms with Crippen molar-refractivity contribution in [2.75, 3.05) is 0 Å². The SMILES string of the molecule is ONC1CCc2cc(F)ccc2O1. The number of ether oxygens (including phenoxy) is 1. The van der Waals surface area contributed by atoms with Gasteiger partial charge in [-0.2, -0.15) is 5.48 Å². The molecular weight excluding hydrogens is 173 g/mol. The Balaban J connectivity index is 2.26. The average molecular weight is 183 g/mol. The summed E-state index contributed by atoms with van der Waals surface area (Å²) in [6, 6.07) is 4.38. The van der Waals surface area contributed by atoms with Crippen LogP contribution in [0.15, 0.2) is 18.2 Å². The van der Waals surface area contributed by atoms with Crippen LogP contribution in [0.2, 0.25) is 0 Å². The Kier molecular flexibility index (Phi) is 2.16. The van der Waals surface area contributed by atoms with Crippen LogP contribution < -0.4 is 10.2 Å². The van der Waals surface area contributed by atoms with Gasteiger partial charge in [-0.05, 0) is 30.2 Å². The van der Waals surface area contributed by atoms with Crippen LogP contribution in [0.4, 0.5) is 4.39 Å². The fourth-order valence-electron chi connectivity index (χ4n) is 1.45. The van der Waals surface area contributed by atoms with Gasteiger partial charge in [0.15, 0.2) is 6.23 Å². The van der Waals surface area contributed by atoms with Crippen molar-refractivity contribution in [1.29, 1.82) is 0 Å². The molecule has 0 aromatic heterocycles. The van der Waals surface area contributed by atoms with E-state index in [1.54, 1.807) is 6.07 Å². The van der Waals surface area contributed by atoms with Crippen molar-refractivity contribution in [2.45, 2.75) is 19.1 Å². The molecule has 0 radical (unpaired) electrons. The molecule has 0 saturated heterocycles. The highest BCUT2D eigenvalue weighted by atomic mass is 19.1. The molecule has 2 rings (SSSR count).